The van der Waals surface area contributed by atoms with Crippen LogP contribution in [0.1, 0.15) is 12.0 Å². The number of hydrazine groups is 1. The lowest BCUT2D eigenvalue weighted by Gasteiger charge is -2.28. The molecule has 0 spiro atoms. The van der Waals surface area contributed by atoms with Crippen LogP contribution in [0.2, 0.25) is 0 Å². The van der Waals surface area contributed by atoms with Crippen molar-refractivity contribution in [2.24, 2.45) is 0 Å². The summed E-state index contributed by atoms with van der Waals surface area (Å²) in [6, 6.07) is 12.4. The van der Waals surface area contributed by atoms with Crippen LogP contribution < -0.4 is 30.0 Å². The van der Waals surface area contributed by atoms with Crippen molar-refractivity contribution >= 4 is 23.4 Å². The standard InChI is InChI=1S/C21H23N3O6/c1-28-17-9-7-14(11-18(17)29-2)8-10-19(25)22-23-20(26)12-24-15-5-3-4-6-16(15)30-13-21(24)27/h3-7,9,11H,8,10,12-13H2,1-2H3,(H,22,25)(H,23,26). The summed E-state index contributed by atoms with van der Waals surface area (Å²) in [5, 5.41) is 0. The summed E-state index contributed by atoms with van der Waals surface area (Å²) in [4.78, 5) is 37.7. The smallest absolute Gasteiger partial charge is 0.265 e. The average molecular weight is 413 g/mol. The Bertz CT molecular complexity index is 946. The van der Waals surface area contributed by atoms with Crippen molar-refractivity contribution < 1.29 is 28.6 Å². The lowest BCUT2D eigenvalue weighted by molar-refractivity contribution is -0.129. The number of amides is 3. The zero-order chi connectivity index (χ0) is 21.5. The molecule has 30 heavy (non-hydrogen) atoms. The summed E-state index contributed by atoms with van der Waals surface area (Å²) < 4.78 is 15.8. The highest BCUT2D eigenvalue weighted by atomic mass is 16.5. The van der Waals surface area contributed by atoms with Crippen LogP contribution in [0.25, 0.3) is 0 Å². The first kappa shape index (κ1) is 21.0. The minimum absolute atomic E-state index is 0.137. The number of methoxy groups -OCH3 is 2. The van der Waals surface area contributed by atoms with Crippen LogP contribution in [0.15, 0.2) is 42.5 Å². The maximum Gasteiger partial charge on any atom is 0.265 e. The molecule has 0 atom stereocenters. The van der Waals surface area contributed by atoms with Crippen molar-refractivity contribution in [1.82, 2.24) is 10.9 Å². The number of carbonyl (C=O) groups is 3. The number of para-hydroxylation sites is 2. The van der Waals surface area contributed by atoms with E-state index < -0.39 is 5.91 Å². The van der Waals surface area contributed by atoms with E-state index in [1.807, 2.05) is 6.07 Å². The molecule has 0 aliphatic carbocycles. The van der Waals surface area contributed by atoms with Crippen LogP contribution in [0, 0.1) is 0 Å². The number of hydrogen-bond donors (Lipinski definition) is 2. The Kier molecular flexibility index (Phi) is 6.74. The third kappa shape index (κ3) is 4.99. The van der Waals surface area contributed by atoms with Gasteiger partial charge < -0.3 is 14.2 Å². The van der Waals surface area contributed by atoms with Gasteiger partial charge >= 0.3 is 0 Å². The molecule has 0 unspecified atom stereocenters. The second kappa shape index (κ2) is 9.64. The molecule has 1 aliphatic rings. The molecule has 0 saturated carbocycles. The highest BCUT2D eigenvalue weighted by Gasteiger charge is 2.27. The minimum atomic E-state index is -0.514. The van der Waals surface area contributed by atoms with E-state index in [4.69, 9.17) is 14.2 Å². The zero-order valence-corrected chi connectivity index (χ0v) is 16.8. The SMILES string of the molecule is COc1ccc(CCC(=O)NNC(=O)CN2C(=O)COc3ccccc32)cc1OC. The molecule has 0 radical (unpaired) electrons. The van der Waals surface area contributed by atoms with Crippen LogP contribution in [0.5, 0.6) is 17.2 Å². The lowest BCUT2D eigenvalue weighted by atomic mass is 10.1. The van der Waals surface area contributed by atoms with Gasteiger partial charge in [-0.1, -0.05) is 18.2 Å². The van der Waals surface area contributed by atoms with Gasteiger partial charge in [0.25, 0.3) is 11.8 Å². The number of anilines is 1. The minimum Gasteiger partial charge on any atom is -0.493 e. The van der Waals surface area contributed by atoms with Gasteiger partial charge in [-0.15, -0.1) is 0 Å². The van der Waals surface area contributed by atoms with E-state index in [1.165, 1.54) is 4.90 Å². The van der Waals surface area contributed by atoms with Crippen LogP contribution >= 0.6 is 0 Å². The number of nitrogens with zero attached hydrogens (tertiary/aromatic N) is 1. The number of benzene rings is 2. The predicted octanol–water partition coefficient (Wildman–Crippen LogP) is 1.21. The van der Waals surface area contributed by atoms with Crippen molar-refractivity contribution in [2.75, 3.05) is 32.3 Å². The Morgan fingerprint density at radius 1 is 1.03 bits per heavy atom. The highest BCUT2D eigenvalue weighted by molar-refractivity contribution is 6.02. The largest absolute Gasteiger partial charge is 0.493 e. The molecule has 0 aromatic heterocycles. The predicted molar refractivity (Wildman–Crippen MR) is 108 cm³/mol. The molecule has 2 aromatic carbocycles. The molecule has 0 bridgehead atoms. The quantitative estimate of drug-likeness (QED) is 0.661. The van der Waals surface area contributed by atoms with E-state index in [2.05, 4.69) is 10.9 Å². The fourth-order valence-corrected chi connectivity index (χ4v) is 3.01. The first-order valence-electron chi connectivity index (χ1n) is 9.32. The molecule has 0 saturated heterocycles. The summed E-state index contributed by atoms with van der Waals surface area (Å²) in [5.74, 6) is 0.523. The van der Waals surface area contributed by atoms with Gasteiger partial charge in [0.1, 0.15) is 12.3 Å². The molecular weight excluding hydrogens is 390 g/mol. The van der Waals surface area contributed by atoms with Gasteiger partial charge in [-0.3, -0.25) is 30.1 Å². The maximum absolute atomic E-state index is 12.2. The van der Waals surface area contributed by atoms with E-state index in [0.717, 1.165) is 5.56 Å². The fourth-order valence-electron chi connectivity index (χ4n) is 3.01. The van der Waals surface area contributed by atoms with Gasteiger partial charge in [0, 0.05) is 6.42 Å². The van der Waals surface area contributed by atoms with Crippen LogP contribution in [-0.2, 0) is 20.8 Å². The summed E-state index contributed by atoms with van der Waals surface area (Å²) >= 11 is 0. The third-order valence-electron chi connectivity index (χ3n) is 4.54. The van der Waals surface area contributed by atoms with Crippen molar-refractivity contribution in [3.05, 3.63) is 48.0 Å². The fraction of sp³-hybridized carbons (Fsp3) is 0.286. The van der Waals surface area contributed by atoms with Gasteiger partial charge in [0.2, 0.25) is 5.91 Å². The van der Waals surface area contributed by atoms with E-state index in [9.17, 15) is 14.4 Å². The topological polar surface area (TPSA) is 106 Å². The van der Waals surface area contributed by atoms with Gasteiger partial charge in [-0.2, -0.15) is 0 Å². The lowest BCUT2D eigenvalue weighted by Crippen LogP contribution is -2.49. The Morgan fingerprint density at radius 2 is 1.77 bits per heavy atom. The molecule has 2 aromatic rings. The maximum atomic E-state index is 12.2. The second-order valence-electron chi connectivity index (χ2n) is 6.52. The number of ether oxygens (including phenoxy) is 3. The highest BCUT2D eigenvalue weighted by Crippen LogP contribution is 2.31. The van der Waals surface area contributed by atoms with Crippen LogP contribution in [0.4, 0.5) is 5.69 Å². The average Bonchev–Trinajstić information content (AvgIpc) is 2.77. The number of carbonyl (C=O) groups excluding carboxylic acids is 3. The Labute approximate surface area is 173 Å². The Balaban J connectivity index is 1.48. The molecule has 1 heterocycles. The molecule has 0 fully saturated rings. The molecule has 3 amide bonds. The molecule has 1 aliphatic heterocycles. The number of nitrogens with one attached hydrogen (secondary N) is 2. The number of aryl methyl sites for hydroxylation is 1. The third-order valence-corrected chi connectivity index (χ3v) is 4.54. The second-order valence-corrected chi connectivity index (χ2v) is 6.52. The first-order chi connectivity index (χ1) is 14.5. The van der Waals surface area contributed by atoms with Gasteiger partial charge in [0.15, 0.2) is 18.1 Å². The van der Waals surface area contributed by atoms with E-state index in [0.29, 0.717) is 29.4 Å². The van der Waals surface area contributed by atoms with Crippen molar-refractivity contribution in [3.8, 4) is 17.2 Å². The van der Waals surface area contributed by atoms with Gasteiger partial charge in [-0.25, -0.2) is 0 Å². The first-order valence-corrected chi connectivity index (χ1v) is 9.32. The number of rotatable bonds is 7. The van der Waals surface area contributed by atoms with E-state index >= 15 is 0 Å². The molecule has 9 heteroatoms. The number of hydrogen-bond acceptors (Lipinski definition) is 6. The number of fused-ring (bicyclic) bond motifs is 1. The normalized spacial score (nSPS) is 12.5. The molecular formula is C21H23N3O6. The summed E-state index contributed by atoms with van der Waals surface area (Å²) in [7, 11) is 3.10. The summed E-state index contributed by atoms with van der Waals surface area (Å²) in [6.07, 6.45) is 0.618. The monoisotopic (exact) mass is 413 g/mol. The van der Waals surface area contributed by atoms with Gasteiger partial charge in [0.05, 0.1) is 19.9 Å². The molecule has 2 N–H and O–H groups in total. The van der Waals surface area contributed by atoms with Crippen molar-refractivity contribution in [3.63, 3.8) is 0 Å². The van der Waals surface area contributed by atoms with Crippen molar-refractivity contribution in [2.45, 2.75) is 12.8 Å². The zero-order valence-electron chi connectivity index (χ0n) is 16.8. The summed E-state index contributed by atoms with van der Waals surface area (Å²) in [6.45, 7) is -0.364. The molecule has 3 rings (SSSR count). The molecule has 9 nitrogen and oxygen atoms in total. The van der Waals surface area contributed by atoms with Crippen LogP contribution in [-0.4, -0.2) is 45.1 Å². The van der Waals surface area contributed by atoms with Gasteiger partial charge in [-0.05, 0) is 36.2 Å². The van der Waals surface area contributed by atoms with E-state index in [-0.39, 0.29) is 31.4 Å². The Hall–Kier alpha value is -3.75. The summed E-state index contributed by atoms with van der Waals surface area (Å²) in [5.41, 5.74) is 6.12. The molecule has 158 valence electrons. The van der Waals surface area contributed by atoms with Crippen molar-refractivity contribution in [1.29, 1.82) is 0 Å². The van der Waals surface area contributed by atoms with Crippen LogP contribution in [0.3, 0.4) is 0 Å². The van der Waals surface area contributed by atoms with E-state index in [1.54, 1.807) is 50.6 Å². The Morgan fingerprint density at radius 3 is 2.53 bits per heavy atom.